The van der Waals surface area contributed by atoms with Crippen LogP contribution in [0.1, 0.15) is 16.7 Å². The Kier molecular flexibility index (Phi) is 16.4. The van der Waals surface area contributed by atoms with E-state index in [-0.39, 0.29) is 6.03 Å². The van der Waals surface area contributed by atoms with E-state index >= 15 is 0 Å². The number of amides is 2. The summed E-state index contributed by atoms with van der Waals surface area (Å²) in [4.78, 5) is 57.2. The molecule has 0 radical (unpaired) electrons. The summed E-state index contributed by atoms with van der Waals surface area (Å²) in [6.07, 6.45) is -8.71. The number of carbonyl (C=O) groups is 4. The Balaban J connectivity index is 0.000000390. The number of nitrogens with one attached hydrogen (secondary N) is 3. The van der Waals surface area contributed by atoms with Gasteiger partial charge in [0.15, 0.2) is 5.82 Å². The van der Waals surface area contributed by atoms with E-state index in [4.69, 9.17) is 46.6 Å². The lowest BCUT2D eigenvalue weighted by molar-refractivity contribution is -0.193. The second kappa shape index (κ2) is 20.7. The second-order valence-corrected chi connectivity index (χ2v) is 12.5. The monoisotopic (exact) mass is 893 g/mol. The SMILES string of the molecule is N#Cc1ccc(N2CCN(C(=O)Nc3ccc4cc3CCc3cncc(c3)Nc3ncc(Cl)c(n3)N4)CC2)cc1.O=C(O)C(F)(F)F.O=C(O)C(F)(F)F.O=C(O)C(F)(F)F. The molecule has 6 N–H and O–H groups in total. The number of alkyl halides is 9. The number of rotatable bonds is 2. The summed E-state index contributed by atoms with van der Waals surface area (Å²) in [5.74, 6) is -7.38. The van der Waals surface area contributed by atoms with E-state index in [1.807, 2.05) is 59.6 Å². The number of piperazine rings is 1. The average molecular weight is 894 g/mol. The van der Waals surface area contributed by atoms with Crippen molar-refractivity contribution in [1.29, 1.82) is 5.26 Å². The first-order chi connectivity index (χ1) is 28.4. The number of hydrogen-bond acceptors (Lipinski definition) is 11. The number of pyridine rings is 1. The third-order valence-corrected chi connectivity index (χ3v) is 8.02. The van der Waals surface area contributed by atoms with E-state index in [1.54, 1.807) is 12.4 Å². The van der Waals surface area contributed by atoms with Crippen LogP contribution in [0, 0.1) is 11.3 Å². The summed E-state index contributed by atoms with van der Waals surface area (Å²) in [5, 5.41) is 40.4. The predicted molar refractivity (Wildman–Crippen MR) is 197 cm³/mol. The Morgan fingerprint density at radius 1 is 0.738 bits per heavy atom. The van der Waals surface area contributed by atoms with Gasteiger partial charge < -0.3 is 41.1 Å². The quantitative estimate of drug-likeness (QED) is 0.109. The molecule has 6 rings (SSSR count). The highest BCUT2D eigenvalue weighted by Crippen LogP contribution is 2.30. The minimum absolute atomic E-state index is 0.129. The number of hydrogen-bond donors (Lipinski definition) is 6. The van der Waals surface area contributed by atoms with Gasteiger partial charge in [0.25, 0.3) is 0 Å². The molecule has 0 unspecified atom stereocenters. The molecule has 1 fully saturated rings. The van der Waals surface area contributed by atoms with Crippen LogP contribution in [-0.2, 0) is 27.2 Å². The molecular weight excluding hydrogens is 865 g/mol. The minimum Gasteiger partial charge on any atom is -0.475 e. The normalized spacial score (nSPS) is 13.3. The van der Waals surface area contributed by atoms with Crippen LogP contribution in [0.4, 0.5) is 78.8 Å². The van der Waals surface area contributed by atoms with Gasteiger partial charge in [-0.3, -0.25) is 4.98 Å². The molecule has 2 amide bonds. The maximum atomic E-state index is 13.3. The summed E-state index contributed by atoms with van der Waals surface area (Å²) in [5.41, 5.74) is 6.07. The molecule has 16 nitrogen and oxygen atoms in total. The molecule has 0 spiro atoms. The summed E-state index contributed by atoms with van der Waals surface area (Å²) in [6.45, 7) is 2.63. The van der Waals surface area contributed by atoms with Crippen molar-refractivity contribution in [1.82, 2.24) is 19.9 Å². The van der Waals surface area contributed by atoms with Crippen LogP contribution in [0.2, 0.25) is 5.02 Å². The summed E-state index contributed by atoms with van der Waals surface area (Å²) >= 11 is 6.38. The van der Waals surface area contributed by atoms with E-state index in [0.29, 0.717) is 55.0 Å². The molecule has 26 heteroatoms. The maximum absolute atomic E-state index is 13.3. The Bertz CT molecular complexity index is 2170. The fraction of sp³-hybridized carbons (Fsp3) is 0.257. The van der Waals surface area contributed by atoms with E-state index in [1.165, 1.54) is 0 Å². The molecule has 0 aliphatic carbocycles. The molecule has 0 saturated carbocycles. The molecular formula is C35H29ClF9N9O7. The third-order valence-electron chi connectivity index (χ3n) is 7.74. The largest absolute Gasteiger partial charge is 0.490 e. The van der Waals surface area contributed by atoms with E-state index < -0.39 is 36.4 Å². The van der Waals surface area contributed by atoms with E-state index in [9.17, 15) is 44.3 Å². The molecule has 1 saturated heterocycles. The number of aryl methyl sites for hydroxylation is 2. The fourth-order valence-corrected chi connectivity index (χ4v) is 5.00. The van der Waals surface area contributed by atoms with Crippen molar-refractivity contribution < 1.29 is 74.0 Å². The highest BCUT2D eigenvalue weighted by molar-refractivity contribution is 6.32. The lowest BCUT2D eigenvalue weighted by Gasteiger charge is -2.36. The van der Waals surface area contributed by atoms with Gasteiger partial charge in [-0.15, -0.1) is 0 Å². The average Bonchev–Trinajstić information content (AvgIpc) is 3.19. The zero-order chi connectivity index (χ0) is 45.7. The summed E-state index contributed by atoms with van der Waals surface area (Å²) in [7, 11) is 0. The zero-order valence-corrected chi connectivity index (χ0v) is 31.3. The highest BCUT2D eigenvalue weighted by Gasteiger charge is 2.39. The number of anilines is 6. The van der Waals surface area contributed by atoms with Gasteiger partial charge in [-0.25, -0.2) is 24.2 Å². The van der Waals surface area contributed by atoms with Crippen LogP contribution in [0.15, 0.2) is 67.1 Å². The van der Waals surface area contributed by atoms with E-state index in [0.717, 1.165) is 40.3 Å². The van der Waals surface area contributed by atoms with Crippen molar-refractivity contribution in [2.75, 3.05) is 47.0 Å². The van der Waals surface area contributed by atoms with Crippen molar-refractivity contribution in [2.45, 2.75) is 31.4 Å². The molecule has 2 aromatic heterocycles. The van der Waals surface area contributed by atoms with Crippen molar-refractivity contribution >= 4 is 70.1 Å². The van der Waals surface area contributed by atoms with E-state index in [2.05, 4.69) is 41.9 Å². The number of halogens is 10. The van der Waals surface area contributed by atoms with Gasteiger partial charge in [0.05, 0.1) is 29.7 Å². The highest BCUT2D eigenvalue weighted by atomic mass is 35.5. The Morgan fingerprint density at radius 3 is 1.82 bits per heavy atom. The Hall–Kier alpha value is -7.10. The Morgan fingerprint density at radius 2 is 1.30 bits per heavy atom. The van der Waals surface area contributed by atoms with Gasteiger partial charge in [0.2, 0.25) is 5.95 Å². The van der Waals surface area contributed by atoms with Crippen LogP contribution in [0.25, 0.3) is 0 Å². The number of benzene rings is 2. The van der Waals surface area contributed by atoms with Crippen molar-refractivity contribution in [3.8, 4) is 6.07 Å². The van der Waals surface area contributed by atoms with Gasteiger partial charge in [-0.2, -0.15) is 49.8 Å². The standard InChI is InChI=1S/C29H26ClN9O.3C2HF3O2/c30-25-18-33-28-35-23-13-20(16-32-17-23)1-4-21-14-22(34-27(25)37-28)5-8-26(21)36-29(40)39-11-9-38(10-12-39)24-6-2-19(15-31)3-7-24;3*3-2(4,5)1(6)7/h2-3,5-8,13-14,16-18H,1,4,9-12H2,(H,36,40)(H2,33,34,35,37);3*(H,6,7). The molecule has 2 aliphatic heterocycles. The molecule has 4 aromatic rings. The summed E-state index contributed by atoms with van der Waals surface area (Å²) in [6, 6.07) is 17.4. The van der Waals surface area contributed by atoms with Crippen LogP contribution in [0.3, 0.4) is 0 Å². The van der Waals surface area contributed by atoms with Gasteiger partial charge in [0, 0.05) is 49.4 Å². The molecule has 326 valence electrons. The first-order valence-corrected chi connectivity index (χ1v) is 17.1. The molecule has 61 heavy (non-hydrogen) atoms. The molecule has 2 aromatic carbocycles. The van der Waals surface area contributed by atoms with Crippen molar-refractivity contribution in [2.24, 2.45) is 0 Å². The van der Waals surface area contributed by atoms with Gasteiger partial charge in [-0.1, -0.05) is 11.6 Å². The zero-order valence-electron chi connectivity index (χ0n) is 30.5. The predicted octanol–water partition coefficient (Wildman–Crippen LogP) is 7.24. The van der Waals surface area contributed by atoms with Crippen molar-refractivity contribution in [3.63, 3.8) is 0 Å². The number of urea groups is 1. The lowest BCUT2D eigenvalue weighted by atomic mass is 10.0. The number of aromatic nitrogens is 3. The maximum Gasteiger partial charge on any atom is 0.490 e. The molecule has 2 aliphatic rings. The number of carboxylic acid groups (broad SMARTS) is 3. The first-order valence-electron chi connectivity index (χ1n) is 16.7. The topological polar surface area (TPSA) is 234 Å². The number of carboxylic acids is 3. The number of carbonyl (C=O) groups excluding carboxylic acids is 1. The third kappa shape index (κ3) is 15.5. The van der Waals surface area contributed by atoms with Gasteiger partial charge in [-0.05, 0) is 72.5 Å². The fourth-order valence-electron chi connectivity index (χ4n) is 4.86. The number of fused-ring (bicyclic) bond motifs is 6. The van der Waals surface area contributed by atoms with Gasteiger partial charge in [0.1, 0.15) is 5.02 Å². The second-order valence-electron chi connectivity index (χ2n) is 12.1. The smallest absolute Gasteiger partial charge is 0.475 e. The van der Waals surface area contributed by atoms with Crippen molar-refractivity contribution in [3.05, 3.63) is 88.8 Å². The lowest BCUT2D eigenvalue weighted by Crippen LogP contribution is -2.50. The van der Waals surface area contributed by atoms with Crippen LogP contribution in [-0.4, -0.2) is 104 Å². The number of nitrogens with zero attached hydrogens (tertiary/aromatic N) is 6. The van der Waals surface area contributed by atoms with Crippen LogP contribution >= 0.6 is 11.6 Å². The Labute approximate surface area is 342 Å². The molecule has 4 heterocycles. The molecule has 6 bridgehead atoms. The molecule has 0 atom stereocenters. The number of nitriles is 1. The summed E-state index contributed by atoms with van der Waals surface area (Å²) < 4.78 is 95.2. The first kappa shape index (κ1) is 48.3. The van der Waals surface area contributed by atoms with Crippen LogP contribution in [0.5, 0.6) is 0 Å². The minimum atomic E-state index is -5.08. The van der Waals surface area contributed by atoms with Gasteiger partial charge >= 0.3 is 42.5 Å². The number of aliphatic carboxylic acids is 3. The van der Waals surface area contributed by atoms with Crippen LogP contribution < -0.4 is 20.9 Å².